The van der Waals surface area contributed by atoms with Gasteiger partial charge >= 0.3 is 6.09 Å². The van der Waals surface area contributed by atoms with Crippen LogP contribution in [0, 0.1) is 5.82 Å². The van der Waals surface area contributed by atoms with Crippen molar-refractivity contribution in [1.82, 2.24) is 9.21 Å². The van der Waals surface area contributed by atoms with Crippen LogP contribution in [0.25, 0.3) is 0 Å². The Balaban J connectivity index is 1.88. The van der Waals surface area contributed by atoms with E-state index in [1.807, 2.05) is 0 Å². The first-order chi connectivity index (χ1) is 11.6. The second kappa shape index (κ2) is 7.70. The Bertz CT molecular complexity index is 708. The molecule has 1 heterocycles. The van der Waals surface area contributed by atoms with E-state index in [2.05, 4.69) is 0 Å². The minimum atomic E-state index is -3.49. The van der Waals surface area contributed by atoms with Gasteiger partial charge in [0.25, 0.3) is 0 Å². The molecule has 0 saturated carbocycles. The summed E-state index contributed by atoms with van der Waals surface area (Å²) in [4.78, 5) is 13.5. The Morgan fingerprint density at radius 1 is 1.16 bits per heavy atom. The molecule has 1 aliphatic heterocycles. The normalized spacial score (nSPS) is 16.7. The summed E-state index contributed by atoms with van der Waals surface area (Å²) in [6, 6.07) is 6.17. The van der Waals surface area contributed by atoms with E-state index in [-0.39, 0.29) is 38.4 Å². The fraction of sp³-hybridized carbons (Fsp3) is 0.588. The van der Waals surface area contributed by atoms with Gasteiger partial charge in [-0.25, -0.2) is 17.6 Å². The Morgan fingerprint density at radius 3 is 2.32 bits per heavy atom. The number of hydrogen-bond acceptors (Lipinski definition) is 4. The molecular weight excluding hydrogens is 347 g/mol. The molecule has 140 valence electrons. The van der Waals surface area contributed by atoms with Gasteiger partial charge in [0.15, 0.2) is 0 Å². The van der Waals surface area contributed by atoms with Crippen LogP contribution in [0.1, 0.15) is 26.3 Å². The van der Waals surface area contributed by atoms with Crippen LogP contribution in [0.2, 0.25) is 0 Å². The Kier molecular flexibility index (Phi) is 6.05. The molecule has 1 aliphatic rings. The zero-order chi connectivity index (χ0) is 18.7. The van der Waals surface area contributed by atoms with Crippen LogP contribution < -0.4 is 0 Å². The number of aryl methyl sites for hydroxylation is 1. The van der Waals surface area contributed by atoms with E-state index in [1.165, 1.54) is 15.3 Å². The SMILES string of the molecule is CC(C)(C)OC(=O)N1CCN(S(=O)(=O)CCc2ccccc2F)CC1. The third-order valence-corrected chi connectivity index (χ3v) is 5.74. The first kappa shape index (κ1) is 19.7. The number of carbonyl (C=O) groups is 1. The van der Waals surface area contributed by atoms with Gasteiger partial charge in [-0.15, -0.1) is 0 Å². The number of rotatable bonds is 4. The largest absolute Gasteiger partial charge is 0.444 e. The maximum absolute atomic E-state index is 13.6. The highest BCUT2D eigenvalue weighted by Gasteiger charge is 2.30. The van der Waals surface area contributed by atoms with Gasteiger partial charge in [-0.3, -0.25) is 0 Å². The van der Waals surface area contributed by atoms with Crippen molar-refractivity contribution in [2.45, 2.75) is 32.8 Å². The van der Waals surface area contributed by atoms with Gasteiger partial charge in [-0.05, 0) is 38.8 Å². The summed E-state index contributed by atoms with van der Waals surface area (Å²) in [5.41, 5.74) is -0.196. The number of carbonyl (C=O) groups excluding carboxylic acids is 1. The average molecular weight is 372 g/mol. The molecule has 0 atom stereocenters. The van der Waals surface area contributed by atoms with Gasteiger partial charge < -0.3 is 9.64 Å². The Hall–Kier alpha value is -1.67. The zero-order valence-corrected chi connectivity index (χ0v) is 15.7. The van der Waals surface area contributed by atoms with Crippen molar-refractivity contribution < 1.29 is 22.3 Å². The van der Waals surface area contributed by atoms with Crippen molar-refractivity contribution >= 4 is 16.1 Å². The Labute approximate surface area is 148 Å². The van der Waals surface area contributed by atoms with Crippen molar-refractivity contribution in [3.8, 4) is 0 Å². The monoisotopic (exact) mass is 372 g/mol. The summed E-state index contributed by atoms with van der Waals surface area (Å²) >= 11 is 0. The molecule has 1 saturated heterocycles. The van der Waals surface area contributed by atoms with Gasteiger partial charge in [0.2, 0.25) is 10.0 Å². The summed E-state index contributed by atoms with van der Waals surface area (Å²) < 4.78 is 45.2. The van der Waals surface area contributed by atoms with Gasteiger partial charge in [0.1, 0.15) is 11.4 Å². The van der Waals surface area contributed by atoms with E-state index < -0.39 is 27.5 Å². The first-order valence-electron chi connectivity index (χ1n) is 8.28. The highest BCUT2D eigenvalue weighted by atomic mass is 32.2. The molecule has 0 aliphatic carbocycles. The zero-order valence-electron chi connectivity index (χ0n) is 14.9. The van der Waals surface area contributed by atoms with Crippen LogP contribution in [-0.4, -0.2) is 61.2 Å². The van der Waals surface area contributed by atoms with E-state index in [0.29, 0.717) is 5.56 Å². The highest BCUT2D eigenvalue weighted by molar-refractivity contribution is 7.89. The summed E-state index contributed by atoms with van der Waals surface area (Å²) in [6.07, 6.45) is -0.308. The molecule has 1 aromatic carbocycles. The molecule has 0 radical (unpaired) electrons. The lowest BCUT2D eigenvalue weighted by molar-refractivity contribution is 0.0192. The third-order valence-electron chi connectivity index (χ3n) is 3.87. The molecule has 6 nitrogen and oxygen atoms in total. The van der Waals surface area contributed by atoms with E-state index >= 15 is 0 Å². The fourth-order valence-corrected chi connectivity index (χ4v) is 4.00. The molecule has 1 amide bonds. The van der Waals surface area contributed by atoms with Crippen LogP contribution in [0.3, 0.4) is 0 Å². The molecule has 0 spiro atoms. The molecule has 8 heteroatoms. The fourth-order valence-electron chi connectivity index (χ4n) is 2.54. The number of halogens is 1. The Morgan fingerprint density at radius 2 is 1.76 bits per heavy atom. The van der Waals surface area contributed by atoms with Gasteiger partial charge in [0.05, 0.1) is 5.75 Å². The lowest BCUT2D eigenvalue weighted by Crippen LogP contribution is -2.52. The maximum atomic E-state index is 13.6. The summed E-state index contributed by atoms with van der Waals surface area (Å²) in [6.45, 7) is 6.37. The maximum Gasteiger partial charge on any atom is 0.410 e. The summed E-state index contributed by atoms with van der Waals surface area (Å²) in [7, 11) is -3.49. The topological polar surface area (TPSA) is 66.9 Å². The van der Waals surface area contributed by atoms with Gasteiger partial charge in [-0.1, -0.05) is 18.2 Å². The van der Waals surface area contributed by atoms with Gasteiger partial charge in [-0.2, -0.15) is 4.31 Å². The molecule has 0 aromatic heterocycles. The van der Waals surface area contributed by atoms with Crippen molar-refractivity contribution in [2.24, 2.45) is 0 Å². The second-order valence-electron chi connectivity index (χ2n) is 7.02. The van der Waals surface area contributed by atoms with E-state index in [4.69, 9.17) is 4.74 Å². The van der Waals surface area contributed by atoms with E-state index in [1.54, 1.807) is 39.0 Å². The molecular formula is C17H25FN2O4S. The minimum Gasteiger partial charge on any atom is -0.444 e. The lowest BCUT2D eigenvalue weighted by Gasteiger charge is -2.35. The second-order valence-corrected chi connectivity index (χ2v) is 9.11. The molecule has 0 unspecified atom stereocenters. The highest BCUT2D eigenvalue weighted by Crippen LogP contribution is 2.15. The molecule has 1 aromatic rings. The van der Waals surface area contributed by atoms with Crippen molar-refractivity contribution in [2.75, 3.05) is 31.9 Å². The van der Waals surface area contributed by atoms with Crippen molar-refractivity contribution in [3.05, 3.63) is 35.6 Å². The van der Waals surface area contributed by atoms with Crippen LogP contribution in [-0.2, 0) is 21.2 Å². The molecule has 2 rings (SSSR count). The first-order valence-corrected chi connectivity index (χ1v) is 9.88. The average Bonchev–Trinajstić information content (AvgIpc) is 2.53. The molecule has 0 bridgehead atoms. The minimum absolute atomic E-state index is 0.126. The summed E-state index contributed by atoms with van der Waals surface area (Å²) in [5, 5.41) is 0. The molecule has 1 fully saturated rings. The van der Waals surface area contributed by atoms with Crippen molar-refractivity contribution in [3.63, 3.8) is 0 Å². The van der Waals surface area contributed by atoms with Crippen LogP contribution >= 0.6 is 0 Å². The van der Waals surface area contributed by atoms with E-state index in [0.717, 1.165) is 0 Å². The third kappa shape index (κ3) is 5.67. The van der Waals surface area contributed by atoms with Crippen molar-refractivity contribution in [1.29, 1.82) is 0 Å². The number of sulfonamides is 1. The number of hydrogen-bond donors (Lipinski definition) is 0. The number of nitrogens with zero attached hydrogens (tertiary/aromatic N) is 2. The van der Waals surface area contributed by atoms with Crippen LogP contribution in [0.4, 0.5) is 9.18 Å². The smallest absolute Gasteiger partial charge is 0.410 e. The number of ether oxygens (including phenoxy) is 1. The quantitative estimate of drug-likeness (QED) is 0.813. The predicted octanol–water partition coefficient (Wildman–Crippen LogP) is 2.25. The number of piperazine rings is 1. The molecule has 25 heavy (non-hydrogen) atoms. The van der Waals surface area contributed by atoms with Gasteiger partial charge in [0, 0.05) is 26.2 Å². The van der Waals surface area contributed by atoms with Crippen LogP contribution in [0.15, 0.2) is 24.3 Å². The standard InChI is InChI=1S/C17H25FN2O4S/c1-17(2,3)24-16(21)19-9-11-20(12-10-19)25(22,23)13-8-14-6-4-5-7-15(14)18/h4-7H,8-13H2,1-3H3. The predicted molar refractivity (Wildman–Crippen MR) is 93.3 cm³/mol. The summed E-state index contributed by atoms with van der Waals surface area (Å²) in [5.74, 6) is -0.548. The molecule has 0 N–H and O–H groups in total. The number of benzene rings is 1. The lowest BCUT2D eigenvalue weighted by atomic mass is 10.2. The number of amides is 1. The van der Waals surface area contributed by atoms with E-state index in [9.17, 15) is 17.6 Å². The van der Waals surface area contributed by atoms with Crippen LogP contribution in [0.5, 0.6) is 0 Å².